The predicted octanol–water partition coefficient (Wildman–Crippen LogP) is 5.68. The van der Waals surface area contributed by atoms with Crippen LogP contribution in [-0.2, 0) is 0 Å². The van der Waals surface area contributed by atoms with E-state index < -0.39 is 23.4 Å². The second kappa shape index (κ2) is 6.81. The van der Waals surface area contributed by atoms with Gasteiger partial charge in [0, 0.05) is 17.0 Å². The van der Waals surface area contributed by atoms with Gasteiger partial charge in [0.2, 0.25) is 0 Å². The van der Waals surface area contributed by atoms with E-state index in [0.29, 0.717) is 27.9 Å². The van der Waals surface area contributed by atoms with Crippen molar-refractivity contribution in [3.8, 4) is 22.4 Å². The van der Waals surface area contributed by atoms with E-state index in [9.17, 15) is 23.1 Å². The molecule has 3 nitrogen and oxygen atoms in total. The molecule has 28 heavy (non-hydrogen) atoms. The van der Waals surface area contributed by atoms with Gasteiger partial charge in [-0.3, -0.25) is 0 Å². The van der Waals surface area contributed by atoms with Crippen molar-refractivity contribution in [3.05, 3.63) is 89.7 Å². The minimum Gasteiger partial charge on any atom is -0.478 e. The zero-order chi connectivity index (χ0) is 19.8. The molecular formula is C22H12F3NO2. The Labute approximate surface area is 157 Å². The Morgan fingerprint density at radius 3 is 2.00 bits per heavy atom. The fraction of sp³-hybridized carbons (Fsp3) is 0. The van der Waals surface area contributed by atoms with Gasteiger partial charge in [-0.05, 0) is 47.5 Å². The molecule has 0 fully saturated rings. The summed E-state index contributed by atoms with van der Waals surface area (Å²) in [6.45, 7) is 0. The third kappa shape index (κ3) is 3.32. The van der Waals surface area contributed by atoms with E-state index in [2.05, 4.69) is 4.98 Å². The van der Waals surface area contributed by atoms with E-state index in [1.807, 2.05) is 0 Å². The van der Waals surface area contributed by atoms with Crippen molar-refractivity contribution in [1.82, 2.24) is 4.98 Å². The van der Waals surface area contributed by atoms with E-state index in [1.54, 1.807) is 24.3 Å². The summed E-state index contributed by atoms with van der Waals surface area (Å²) in [6, 6.07) is 15.1. The molecule has 0 spiro atoms. The number of pyridine rings is 1. The third-order valence-electron chi connectivity index (χ3n) is 4.38. The fourth-order valence-corrected chi connectivity index (χ4v) is 3.08. The number of rotatable bonds is 3. The highest BCUT2D eigenvalue weighted by Crippen LogP contribution is 2.28. The SMILES string of the molecule is O=C(O)c1cc(-c2ccc(-c3cc(F)cc(F)c3)cc2)nc2ccc(F)cc12. The maximum Gasteiger partial charge on any atom is 0.336 e. The van der Waals surface area contributed by atoms with Gasteiger partial charge >= 0.3 is 5.97 Å². The van der Waals surface area contributed by atoms with Crippen LogP contribution in [-0.4, -0.2) is 16.1 Å². The Morgan fingerprint density at radius 1 is 0.714 bits per heavy atom. The van der Waals surface area contributed by atoms with Gasteiger partial charge in [0.15, 0.2) is 0 Å². The molecule has 0 unspecified atom stereocenters. The zero-order valence-corrected chi connectivity index (χ0v) is 14.3. The molecular weight excluding hydrogens is 367 g/mol. The lowest BCUT2D eigenvalue weighted by Gasteiger charge is -2.09. The minimum atomic E-state index is -1.19. The average molecular weight is 379 g/mol. The second-order valence-corrected chi connectivity index (χ2v) is 6.26. The lowest BCUT2D eigenvalue weighted by atomic mass is 10.0. The highest BCUT2D eigenvalue weighted by atomic mass is 19.1. The van der Waals surface area contributed by atoms with Crippen LogP contribution in [0.2, 0.25) is 0 Å². The molecule has 0 radical (unpaired) electrons. The van der Waals surface area contributed by atoms with Crippen LogP contribution in [0.4, 0.5) is 13.2 Å². The normalized spacial score (nSPS) is 11.0. The van der Waals surface area contributed by atoms with Crippen LogP contribution in [0.5, 0.6) is 0 Å². The van der Waals surface area contributed by atoms with Crippen LogP contribution in [0, 0.1) is 17.5 Å². The Hall–Kier alpha value is -3.67. The molecule has 3 aromatic carbocycles. The van der Waals surface area contributed by atoms with E-state index in [0.717, 1.165) is 12.1 Å². The monoisotopic (exact) mass is 379 g/mol. The molecule has 6 heteroatoms. The topological polar surface area (TPSA) is 50.2 Å². The van der Waals surface area contributed by atoms with E-state index in [1.165, 1.54) is 30.3 Å². The highest BCUT2D eigenvalue weighted by Gasteiger charge is 2.14. The van der Waals surface area contributed by atoms with Gasteiger partial charge in [-0.1, -0.05) is 24.3 Å². The van der Waals surface area contributed by atoms with Gasteiger partial charge in [-0.15, -0.1) is 0 Å². The van der Waals surface area contributed by atoms with Crippen molar-refractivity contribution in [2.24, 2.45) is 0 Å². The first kappa shape index (κ1) is 17.7. The number of carboxylic acid groups (broad SMARTS) is 1. The van der Waals surface area contributed by atoms with Crippen molar-refractivity contribution in [2.75, 3.05) is 0 Å². The average Bonchev–Trinajstić information content (AvgIpc) is 2.66. The van der Waals surface area contributed by atoms with Crippen molar-refractivity contribution >= 4 is 16.9 Å². The Bertz CT molecular complexity index is 1200. The summed E-state index contributed by atoms with van der Waals surface area (Å²) < 4.78 is 40.3. The van der Waals surface area contributed by atoms with Gasteiger partial charge < -0.3 is 5.11 Å². The standard InChI is InChI=1S/C22H12F3NO2/c23-15-5-6-20-18(10-15)19(22(27)28)11-21(26-20)13-3-1-12(2-4-13)14-7-16(24)9-17(25)8-14/h1-11H,(H,27,28). The number of aromatic nitrogens is 1. The number of benzene rings is 3. The quantitative estimate of drug-likeness (QED) is 0.498. The van der Waals surface area contributed by atoms with Crippen LogP contribution in [0.25, 0.3) is 33.3 Å². The first-order chi connectivity index (χ1) is 13.4. The lowest BCUT2D eigenvalue weighted by molar-refractivity contribution is 0.0699. The maximum atomic E-state index is 13.5. The Morgan fingerprint density at radius 2 is 1.36 bits per heavy atom. The van der Waals surface area contributed by atoms with E-state index in [4.69, 9.17) is 0 Å². The molecule has 4 rings (SSSR count). The summed E-state index contributed by atoms with van der Waals surface area (Å²) in [5.41, 5.74) is 2.30. The van der Waals surface area contributed by atoms with Crippen molar-refractivity contribution in [3.63, 3.8) is 0 Å². The predicted molar refractivity (Wildman–Crippen MR) is 99.4 cm³/mol. The first-order valence-electron chi connectivity index (χ1n) is 8.31. The number of hydrogen-bond acceptors (Lipinski definition) is 2. The summed E-state index contributed by atoms with van der Waals surface area (Å²) >= 11 is 0. The summed E-state index contributed by atoms with van der Waals surface area (Å²) in [5.74, 6) is -3.08. The van der Waals surface area contributed by atoms with Crippen molar-refractivity contribution < 1.29 is 23.1 Å². The molecule has 4 aromatic rings. The highest BCUT2D eigenvalue weighted by molar-refractivity contribution is 6.03. The largest absolute Gasteiger partial charge is 0.478 e. The molecule has 0 aliphatic carbocycles. The molecule has 138 valence electrons. The van der Waals surface area contributed by atoms with Gasteiger partial charge in [0.1, 0.15) is 17.5 Å². The first-order valence-corrected chi connectivity index (χ1v) is 8.31. The molecule has 0 aliphatic heterocycles. The summed E-state index contributed by atoms with van der Waals surface area (Å²) in [5, 5.41) is 9.68. The third-order valence-corrected chi connectivity index (χ3v) is 4.38. The lowest BCUT2D eigenvalue weighted by Crippen LogP contribution is -2.00. The number of hydrogen-bond donors (Lipinski definition) is 1. The number of nitrogens with zero attached hydrogens (tertiary/aromatic N) is 1. The molecule has 1 aromatic heterocycles. The molecule has 0 aliphatic rings. The van der Waals surface area contributed by atoms with Gasteiger partial charge in [0.25, 0.3) is 0 Å². The molecule has 1 N–H and O–H groups in total. The van der Waals surface area contributed by atoms with Gasteiger partial charge in [-0.2, -0.15) is 0 Å². The van der Waals surface area contributed by atoms with Crippen LogP contribution >= 0.6 is 0 Å². The minimum absolute atomic E-state index is 0.0595. The summed E-state index contributed by atoms with van der Waals surface area (Å²) in [7, 11) is 0. The molecule has 0 amide bonds. The van der Waals surface area contributed by atoms with Crippen molar-refractivity contribution in [2.45, 2.75) is 0 Å². The molecule has 0 bridgehead atoms. The molecule has 1 heterocycles. The second-order valence-electron chi connectivity index (χ2n) is 6.26. The number of carboxylic acids is 1. The zero-order valence-electron chi connectivity index (χ0n) is 14.3. The molecule has 0 saturated carbocycles. The summed E-state index contributed by atoms with van der Waals surface area (Å²) in [4.78, 5) is 16.0. The van der Waals surface area contributed by atoms with Gasteiger partial charge in [-0.25, -0.2) is 22.9 Å². The number of carbonyl (C=O) groups is 1. The maximum absolute atomic E-state index is 13.5. The van der Waals surface area contributed by atoms with Crippen LogP contribution in [0.3, 0.4) is 0 Å². The van der Waals surface area contributed by atoms with Crippen LogP contribution < -0.4 is 0 Å². The fourth-order valence-electron chi connectivity index (χ4n) is 3.08. The van der Waals surface area contributed by atoms with Crippen LogP contribution in [0.1, 0.15) is 10.4 Å². The smallest absolute Gasteiger partial charge is 0.336 e. The Kier molecular flexibility index (Phi) is 4.31. The van der Waals surface area contributed by atoms with E-state index >= 15 is 0 Å². The van der Waals surface area contributed by atoms with Gasteiger partial charge in [0.05, 0.1) is 16.8 Å². The Balaban J connectivity index is 1.80. The van der Waals surface area contributed by atoms with E-state index in [-0.39, 0.29) is 10.9 Å². The summed E-state index contributed by atoms with van der Waals surface area (Å²) in [6.07, 6.45) is 0. The number of fused-ring (bicyclic) bond motifs is 1. The van der Waals surface area contributed by atoms with Crippen LogP contribution in [0.15, 0.2) is 66.7 Å². The molecule has 0 atom stereocenters. The molecule has 0 saturated heterocycles. The van der Waals surface area contributed by atoms with Crippen molar-refractivity contribution in [1.29, 1.82) is 0 Å². The number of halogens is 3. The number of aromatic carboxylic acids is 1.